The van der Waals surface area contributed by atoms with Gasteiger partial charge in [-0.2, -0.15) is 9.97 Å². The van der Waals surface area contributed by atoms with Gasteiger partial charge >= 0.3 is 5.97 Å². The predicted molar refractivity (Wildman–Crippen MR) is 74.9 cm³/mol. The molecular formula is C14H19FN2O6. The molecule has 0 aliphatic carbocycles. The maximum atomic E-state index is 15.4. The van der Waals surface area contributed by atoms with Crippen molar-refractivity contribution in [1.29, 1.82) is 0 Å². The van der Waals surface area contributed by atoms with Crippen molar-refractivity contribution < 1.29 is 33.2 Å². The number of esters is 1. The zero-order valence-electron chi connectivity index (χ0n) is 13.1. The molecule has 2 heterocycles. The highest BCUT2D eigenvalue weighted by molar-refractivity contribution is 5.81. The third-order valence-electron chi connectivity index (χ3n) is 3.56. The quantitative estimate of drug-likeness (QED) is 0.783. The first-order valence-corrected chi connectivity index (χ1v) is 7.10. The highest BCUT2D eigenvalue weighted by atomic mass is 19.1. The highest BCUT2D eigenvalue weighted by Gasteiger charge is 2.58. The molecule has 0 radical (unpaired) electrons. The Morgan fingerprint density at radius 3 is 2.57 bits per heavy atom. The first-order chi connectivity index (χ1) is 11.0. The first kappa shape index (κ1) is 17.4. The van der Waals surface area contributed by atoms with E-state index in [1.807, 2.05) is 0 Å². The van der Waals surface area contributed by atoms with Crippen LogP contribution in [0.4, 0.5) is 4.39 Å². The number of aliphatic hydroxyl groups excluding tert-OH is 1. The van der Waals surface area contributed by atoms with Gasteiger partial charge in [0.1, 0.15) is 5.82 Å². The summed E-state index contributed by atoms with van der Waals surface area (Å²) < 4.78 is 35.0. The summed E-state index contributed by atoms with van der Waals surface area (Å²) in [4.78, 5) is 20.2. The molecule has 0 aromatic carbocycles. The van der Waals surface area contributed by atoms with Crippen molar-refractivity contribution in [2.45, 2.75) is 31.2 Å². The third-order valence-corrected chi connectivity index (χ3v) is 3.56. The summed E-state index contributed by atoms with van der Waals surface area (Å²) in [7, 11) is 2.77. The fourth-order valence-electron chi connectivity index (χ4n) is 2.39. The molecule has 1 fully saturated rings. The van der Waals surface area contributed by atoms with E-state index in [4.69, 9.17) is 18.9 Å². The number of aliphatic hydroxyl groups is 1. The first-order valence-electron chi connectivity index (χ1n) is 7.10. The molecule has 9 heteroatoms. The fourth-order valence-corrected chi connectivity index (χ4v) is 2.39. The minimum atomic E-state index is -2.81. The number of alkyl halides is 1. The molecule has 1 N–H and O–H groups in total. The summed E-state index contributed by atoms with van der Waals surface area (Å²) in [6.07, 6.45) is -1.89. The molecule has 23 heavy (non-hydrogen) atoms. The van der Waals surface area contributed by atoms with Crippen molar-refractivity contribution in [1.82, 2.24) is 9.97 Å². The van der Waals surface area contributed by atoms with Crippen molar-refractivity contribution in [2.75, 3.05) is 27.4 Å². The van der Waals surface area contributed by atoms with Gasteiger partial charge in [-0.15, -0.1) is 0 Å². The van der Waals surface area contributed by atoms with Gasteiger partial charge in [-0.05, 0) is 13.3 Å². The van der Waals surface area contributed by atoms with Crippen LogP contribution in [0.5, 0.6) is 11.8 Å². The molecule has 8 nitrogen and oxygen atoms in total. The van der Waals surface area contributed by atoms with Crippen molar-refractivity contribution in [2.24, 2.45) is 0 Å². The van der Waals surface area contributed by atoms with E-state index in [-0.39, 0.29) is 37.2 Å². The number of carbonyl (C=O) groups is 1. The number of methoxy groups -OCH3 is 2. The van der Waals surface area contributed by atoms with Gasteiger partial charge in [-0.25, -0.2) is 9.18 Å². The minimum Gasteiger partial charge on any atom is -0.481 e. The monoisotopic (exact) mass is 330 g/mol. The van der Waals surface area contributed by atoms with Crippen LogP contribution in [0.2, 0.25) is 0 Å². The predicted octanol–water partition coefficient (Wildman–Crippen LogP) is 0.587. The molecule has 0 bridgehead atoms. The second-order valence-corrected chi connectivity index (χ2v) is 4.86. The number of hydrogen-bond donors (Lipinski definition) is 1. The average molecular weight is 330 g/mol. The van der Waals surface area contributed by atoms with E-state index in [1.165, 1.54) is 27.2 Å². The Balaban J connectivity index is 2.47. The second-order valence-electron chi connectivity index (χ2n) is 4.86. The number of aromatic nitrogens is 2. The normalized spacial score (nSPS) is 27.3. The topological polar surface area (TPSA) is 100 Å². The lowest BCUT2D eigenvalue weighted by molar-refractivity contribution is -0.230. The van der Waals surface area contributed by atoms with E-state index in [1.54, 1.807) is 0 Å². The zero-order valence-corrected chi connectivity index (χ0v) is 13.1. The Morgan fingerprint density at radius 2 is 2.04 bits per heavy atom. The van der Waals surface area contributed by atoms with E-state index < -0.39 is 23.8 Å². The Bertz CT molecular complexity index is 550. The van der Waals surface area contributed by atoms with Gasteiger partial charge in [-0.1, -0.05) is 0 Å². The highest BCUT2D eigenvalue weighted by Crippen LogP contribution is 2.41. The van der Waals surface area contributed by atoms with E-state index >= 15 is 4.39 Å². The van der Waals surface area contributed by atoms with Crippen molar-refractivity contribution in [3.63, 3.8) is 0 Å². The summed E-state index contributed by atoms with van der Waals surface area (Å²) in [5, 5.41) is 9.89. The molecular weight excluding hydrogens is 311 g/mol. The molecule has 1 saturated heterocycles. The largest absolute Gasteiger partial charge is 0.481 e. The van der Waals surface area contributed by atoms with E-state index in [0.717, 1.165) is 0 Å². The van der Waals surface area contributed by atoms with Crippen molar-refractivity contribution >= 4 is 5.97 Å². The molecule has 1 aromatic heterocycles. The van der Waals surface area contributed by atoms with Gasteiger partial charge in [0.05, 0.1) is 39.4 Å². The molecule has 3 unspecified atom stereocenters. The second kappa shape index (κ2) is 7.05. The van der Waals surface area contributed by atoms with Gasteiger partial charge in [0.15, 0.2) is 0 Å². The standard InChI is InChI=1S/C14H19FN2O6/c1-4-22-12(18)14(15)8(5-6-23-13(14)19)11-16-9(20-2)7-10(17-11)21-3/h7-8,13,19H,4-6H2,1-3H3. The molecule has 0 saturated carbocycles. The van der Waals surface area contributed by atoms with E-state index in [2.05, 4.69) is 9.97 Å². The number of hydrogen-bond acceptors (Lipinski definition) is 8. The van der Waals surface area contributed by atoms with Crippen LogP contribution in [0.25, 0.3) is 0 Å². The average Bonchev–Trinajstić information content (AvgIpc) is 2.56. The van der Waals surface area contributed by atoms with E-state index in [9.17, 15) is 9.90 Å². The molecule has 0 spiro atoms. The van der Waals surface area contributed by atoms with Crippen LogP contribution in [-0.2, 0) is 14.3 Å². The smallest absolute Gasteiger partial charge is 0.350 e. The maximum absolute atomic E-state index is 15.4. The van der Waals surface area contributed by atoms with Crippen LogP contribution in [0.1, 0.15) is 25.1 Å². The van der Waals surface area contributed by atoms with Gasteiger partial charge in [0.25, 0.3) is 5.67 Å². The molecule has 1 aliphatic heterocycles. The number of carbonyl (C=O) groups excluding carboxylic acids is 1. The van der Waals surface area contributed by atoms with Gasteiger partial charge in [0.2, 0.25) is 18.1 Å². The molecule has 3 atom stereocenters. The van der Waals surface area contributed by atoms with E-state index in [0.29, 0.717) is 0 Å². The maximum Gasteiger partial charge on any atom is 0.350 e. The summed E-state index contributed by atoms with van der Waals surface area (Å²) in [6, 6.07) is 1.42. The summed E-state index contributed by atoms with van der Waals surface area (Å²) in [6.45, 7) is 1.55. The lowest BCUT2D eigenvalue weighted by atomic mass is 9.83. The summed E-state index contributed by atoms with van der Waals surface area (Å²) in [5.74, 6) is -2.10. The lowest BCUT2D eigenvalue weighted by Gasteiger charge is -2.37. The van der Waals surface area contributed by atoms with Gasteiger partial charge in [0, 0.05) is 0 Å². The van der Waals surface area contributed by atoms with Crippen LogP contribution >= 0.6 is 0 Å². The van der Waals surface area contributed by atoms with Crippen LogP contribution in [0.3, 0.4) is 0 Å². The summed E-state index contributed by atoms with van der Waals surface area (Å²) >= 11 is 0. The minimum absolute atomic E-state index is 0.0286. The third kappa shape index (κ3) is 3.20. The number of halogens is 1. The van der Waals surface area contributed by atoms with Crippen LogP contribution in [0.15, 0.2) is 6.07 Å². The van der Waals surface area contributed by atoms with Crippen LogP contribution < -0.4 is 9.47 Å². The number of rotatable bonds is 5. The Kier molecular flexibility index (Phi) is 5.32. The number of nitrogens with zero attached hydrogens (tertiary/aromatic N) is 2. The SMILES string of the molecule is CCOC(=O)C1(F)C(O)OCCC1c1nc(OC)cc(OC)n1. The fraction of sp³-hybridized carbons (Fsp3) is 0.643. The zero-order chi connectivity index (χ0) is 17.0. The van der Waals surface area contributed by atoms with Gasteiger partial charge in [-0.3, -0.25) is 0 Å². The van der Waals surface area contributed by atoms with Gasteiger partial charge < -0.3 is 24.1 Å². The Hall–Kier alpha value is -2.00. The summed E-state index contributed by atoms with van der Waals surface area (Å²) in [5.41, 5.74) is -2.81. The Morgan fingerprint density at radius 1 is 1.43 bits per heavy atom. The van der Waals surface area contributed by atoms with Crippen LogP contribution in [0, 0.1) is 0 Å². The Labute approximate surface area is 132 Å². The van der Waals surface area contributed by atoms with Crippen molar-refractivity contribution in [3.05, 3.63) is 11.9 Å². The molecule has 2 rings (SSSR count). The molecule has 1 aromatic rings. The molecule has 0 amide bonds. The number of ether oxygens (including phenoxy) is 4. The molecule has 128 valence electrons. The van der Waals surface area contributed by atoms with Crippen molar-refractivity contribution in [3.8, 4) is 11.8 Å². The van der Waals surface area contributed by atoms with Crippen LogP contribution in [-0.4, -0.2) is 60.4 Å². The molecule has 1 aliphatic rings. The lowest BCUT2D eigenvalue weighted by Crippen LogP contribution is -2.55.